The minimum absolute atomic E-state index is 0.0840. The van der Waals surface area contributed by atoms with Gasteiger partial charge in [0, 0.05) is 23.5 Å². The molecule has 1 aromatic rings. The van der Waals surface area contributed by atoms with Gasteiger partial charge in [0.25, 0.3) is 0 Å². The number of ether oxygens (including phenoxy) is 1. The fraction of sp³-hybridized carbons (Fsp3) is 0.607. The van der Waals surface area contributed by atoms with Gasteiger partial charge in [0.05, 0.1) is 36.2 Å². The molecule has 0 aromatic heterocycles. The molecule has 2 aliphatic carbocycles. The fourth-order valence-electron chi connectivity index (χ4n) is 7.07. The van der Waals surface area contributed by atoms with Crippen molar-refractivity contribution in [1.82, 2.24) is 0 Å². The molecule has 188 valence electrons. The largest absolute Gasteiger partial charge is 0.481 e. The van der Waals surface area contributed by atoms with Crippen LogP contribution in [-0.4, -0.2) is 58.5 Å². The van der Waals surface area contributed by atoms with Gasteiger partial charge in [-0.1, -0.05) is 18.6 Å². The van der Waals surface area contributed by atoms with Crippen LogP contribution >= 0.6 is 11.6 Å². The summed E-state index contributed by atoms with van der Waals surface area (Å²) >= 11 is 6.66. The van der Waals surface area contributed by atoms with Crippen LogP contribution in [0.3, 0.4) is 0 Å². The summed E-state index contributed by atoms with van der Waals surface area (Å²) in [5.41, 5.74) is 7.10. The summed E-state index contributed by atoms with van der Waals surface area (Å²) in [6, 6.07) is 4.79. The number of nitrogens with zero attached hydrogens (tertiary/aromatic N) is 1. The number of benzene rings is 1. The van der Waals surface area contributed by atoms with Crippen molar-refractivity contribution in [3.05, 3.63) is 46.6 Å². The maximum atomic E-state index is 11.9. The van der Waals surface area contributed by atoms with Crippen LogP contribution in [-0.2, 0) is 22.4 Å². The Bertz CT molecular complexity index is 1080. The molecule has 1 aromatic carbocycles. The average molecular weight is 499 g/mol. The van der Waals surface area contributed by atoms with E-state index in [1.165, 1.54) is 28.1 Å². The van der Waals surface area contributed by atoms with Gasteiger partial charge in [-0.15, -0.1) is 11.6 Å². The number of aliphatic hydroxyl groups excluding tert-OH is 1. The Hall–Kier alpha value is -2.02. The molecule has 5 aliphatic rings. The second-order valence-corrected chi connectivity index (χ2v) is 11.5. The van der Waals surface area contributed by atoms with Crippen molar-refractivity contribution in [3.8, 4) is 0 Å². The molecule has 35 heavy (non-hydrogen) atoms. The van der Waals surface area contributed by atoms with Crippen LogP contribution in [0.4, 0.5) is 11.4 Å². The monoisotopic (exact) mass is 498 g/mol. The Morgan fingerprint density at radius 1 is 1.23 bits per heavy atom. The highest BCUT2D eigenvalue weighted by Crippen LogP contribution is 2.46. The zero-order valence-corrected chi connectivity index (χ0v) is 21.0. The highest BCUT2D eigenvalue weighted by Gasteiger charge is 2.44. The van der Waals surface area contributed by atoms with Gasteiger partial charge >= 0.3 is 5.97 Å². The molecule has 0 radical (unpaired) electrons. The maximum Gasteiger partial charge on any atom is 0.306 e. The Labute approximate surface area is 212 Å². The first-order chi connectivity index (χ1) is 16.9. The number of hydrogen-bond acceptors (Lipinski definition) is 5. The van der Waals surface area contributed by atoms with Crippen LogP contribution < -0.4 is 10.2 Å². The summed E-state index contributed by atoms with van der Waals surface area (Å²) in [7, 11) is 0. The molecule has 3 N–H and O–H groups in total. The van der Waals surface area contributed by atoms with Crippen LogP contribution in [0.5, 0.6) is 0 Å². The molecule has 0 spiro atoms. The zero-order chi connectivity index (χ0) is 24.3. The lowest BCUT2D eigenvalue weighted by atomic mass is 9.83. The SMILES string of the molecule is CC1CCc2c(ccc3c2C[C@@H](C(O)C2=CC(Cl)C4OCCC4=C2)N3C2CCCC(C(=O)O)C2)N1. The number of hydrogen-bond donors (Lipinski definition) is 3. The van der Waals surface area contributed by atoms with Crippen molar-refractivity contribution in [3.63, 3.8) is 0 Å². The van der Waals surface area contributed by atoms with E-state index in [-0.39, 0.29) is 29.5 Å². The van der Waals surface area contributed by atoms with E-state index in [0.29, 0.717) is 19.1 Å². The molecule has 7 atom stereocenters. The molecule has 1 saturated heterocycles. The lowest BCUT2D eigenvalue weighted by molar-refractivity contribution is -0.143. The third kappa shape index (κ3) is 4.08. The quantitative estimate of drug-likeness (QED) is 0.533. The van der Waals surface area contributed by atoms with Gasteiger partial charge in [0.1, 0.15) is 0 Å². The number of anilines is 2. The van der Waals surface area contributed by atoms with Gasteiger partial charge in [-0.3, -0.25) is 4.79 Å². The highest BCUT2D eigenvalue weighted by atomic mass is 35.5. The van der Waals surface area contributed by atoms with Gasteiger partial charge in [0.15, 0.2) is 0 Å². The van der Waals surface area contributed by atoms with Gasteiger partial charge in [-0.2, -0.15) is 0 Å². The van der Waals surface area contributed by atoms with E-state index in [9.17, 15) is 15.0 Å². The van der Waals surface area contributed by atoms with Gasteiger partial charge < -0.3 is 25.2 Å². The van der Waals surface area contributed by atoms with Gasteiger partial charge in [-0.25, -0.2) is 0 Å². The molecule has 3 heterocycles. The molecule has 7 heteroatoms. The van der Waals surface area contributed by atoms with Gasteiger partial charge in [-0.05, 0) is 86.3 Å². The van der Waals surface area contributed by atoms with Crippen molar-refractivity contribution < 1.29 is 19.7 Å². The summed E-state index contributed by atoms with van der Waals surface area (Å²) < 4.78 is 5.80. The molecule has 6 nitrogen and oxygen atoms in total. The van der Waals surface area contributed by atoms with E-state index in [4.69, 9.17) is 16.3 Å². The van der Waals surface area contributed by atoms with Crippen LogP contribution in [0.2, 0.25) is 0 Å². The van der Waals surface area contributed by atoms with Crippen molar-refractivity contribution in [2.45, 2.75) is 94.0 Å². The third-order valence-corrected chi connectivity index (χ3v) is 9.18. The topological polar surface area (TPSA) is 82.0 Å². The molecular formula is C28H35ClN2O4. The Kier molecular flexibility index (Phi) is 6.10. The van der Waals surface area contributed by atoms with Crippen LogP contribution in [0, 0.1) is 5.92 Å². The average Bonchev–Trinajstić information content (AvgIpc) is 3.48. The van der Waals surface area contributed by atoms with E-state index >= 15 is 0 Å². The smallest absolute Gasteiger partial charge is 0.306 e. The summed E-state index contributed by atoms with van der Waals surface area (Å²) in [6.45, 7) is 2.89. The van der Waals surface area contributed by atoms with E-state index in [2.05, 4.69) is 35.3 Å². The lowest BCUT2D eigenvalue weighted by Crippen LogP contribution is -2.50. The number of carboxylic acid groups (broad SMARTS) is 1. The first kappa shape index (κ1) is 23.4. The zero-order valence-electron chi connectivity index (χ0n) is 20.3. The second-order valence-electron chi connectivity index (χ2n) is 11.0. The molecule has 0 amide bonds. The number of aliphatic carboxylic acids is 1. The number of nitrogens with one attached hydrogen (secondary N) is 1. The van der Waals surface area contributed by atoms with E-state index in [1.807, 2.05) is 6.08 Å². The first-order valence-electron chi connectivity index (χ1n) is 13.2. The van der Waals surface area contributed by atoms with E-state index in [1.54, 1.807) is 0 Å². The number of halogens is 1. The third-order valence-electron chi connectivity index (χ3n) is 8.83. The fourth-order valence-corrected chi connectivity index (χ4v) is 7.45. The van der Waals surface area contributed by atoms with Crippen molar-refractivity contribution in [2.75, 3.05) is 16.8 Å². The standard InChI is InChI=1S/C28H35ClN2O4/c1-15-5-6-20-21-14-25(26(32)18-11-16-9-10-35-27(16)22(29)13-18)31(24(21)8-7-23(20)30-15)19-4-2-3-17(12-19)28(33)34/h7-8,11,13,15,17,19,22,25-27,30,32H,2-6,9-10,12,14H2,1H3,(H,33,34)/t15?,17?,19?,22?,25-,26?,27?/m0/s1. The predicted molar refractivity (Wildman–Crippen MR) is 137 cm³/mol. The summed E-state index contributed by atoms with van der Waals surface area (Å²) in [4.78, 5) is 14.2. The van der Waals surface area contributed by atoms with Gasteiger partial charge in [0.2, 0.25) is 0 Å². The predicted octanol–water partition coefficient (Wildman–Crippen LogP) is 4.43. The van der Waals surface area contributed by atoms with E-state index < -0.39 is 12.1 Å². The molecule has 2 fully saturated rings. The summed E-state index contributed by atoms with van der Waals surface area (Å²) in [5.74, 6) is -1.03. The molecule has 3 aliphatic heterocycles. The first-order valence-corrected chi connectivity index (χ1v) is 13.6. The molecule has 0 bridgehead atoms. The van der Waals surface area contributed by atoms with Crippen LogP contribution in [0.25, 0.3) is 0 Å². The highest BCUT2D eigenvalue weighted by molar-refractivity contribution is 6.22. The molecule has 1 saturated carbocycles. The summed E-state index contributed by atoms with van der Waals surface area (Å²) in [5, 5.41) is 24.9. The number of aliphatic hydroxyl groups is 1. The minimum atomic E-state index is -0.702. The minimum Gasteiger partial charge on any atom is -0.481 e. The second kappa shape index (κ2) is 9.13. The number of fused-ring (bicyclic) bond motifs is 4. The maximum absolute atomic E-state index is 11.9. The number of carboxylic acids is 1. The molecule has 6 rings (SSSR count). The van der Waals surface area contributed by atoms with E-state index in [0.717, 1.165) is 50.5 Å². The number of alkyl halides is 1. The lowest BCUT2D eigenvalue weighted by Gasteiger charge is -2.41. The Morgan fingerprint density at radius 3 is 2.91 bits per heavy atom. The number of carbonyl (C=O) groups is 1. The molecule has 6 unspecified atom stereocenters. The normalized spacial score (nSPS) is 34.8. The van der Waals surface area contributed by atoms with Crippen molar-refractivity contribution in [1.29, 1.82) is 0 Å². The summed E-state index contributed by atoms with van der Waals surface area (Å²) in [6.07, 6.45) is 10.2. The molecular weight excluding hydrogens is 464 g/mol. The van der Waals surface area contributed by atoms with Crippen molar-refractivity contribution >= 4 is 28.9 Å². The van der Waals surface area contributed by atoms with Crippen LogP contribution in [0.15, 0.2) is 35.4 Å². The Balaban J connectivity index is 1.37. The Morgan fingerprint density at radius 2 is 2.09 bits per heavy atom. The number of rotatable bonds is 4. The van der Waals surface area contributed by atoms with Crippen LogP contribution in [0.1, 0.15) is 56.6 Å². The van der Waals surface area contributed by atoms with Crippen molar-refractivity contribution in [2.24, 2.45) is 5.92 Å².